The molecule has 1 heterocycles. The first-order chi connectivity index (χ1) is 7.02. The van der Waals surface area contributed by atoms with Crippen molar-refractivity contribution in [1.29, 1.82) is 0 Å². The van der Waals surface area contributed by atoms with Crippen molar-refractivity contribution < 1.29 is 4.79 Å². The van der Waals surface area contributed by atoms with Gasteiger partial charge in [-0.15, -0.1) is 0 Å². The maximum Gasteiger partial charge on any atom is 0.231 e. The van der Waals surface area contributed by atoms with Crippen LogP contribution in [0.3, 0.4) is 0 Å². The predicted octanol–water partition coefficient (Wildman–Crippen LogP) is 1.78. The number of pyridine rings is 1. The van der Waals surface area contributed by atoms with E-state index < -0.39 is 0 Å². The molecule has 2 rings (SSSR count). The van der Waals surface area contributed by atoms with Crippen molar-refractivity contribution in [2.75, 3.05) is 11.1 Å². The zero-order valence-electron chi connectivity index (χ0n) is 8.33. The molecule has 1 amide bonds. The van der Waals surface area contributed by atoms with E-state index in [-0.39, 0.29) is 16.1 Å². The van der Waals surface area contributed by atoms with Crippen molar-refractivity contribution >= 4 is 33.3 Å². The Morgan fingerprint density at radius 3 is 2.87 bits per heavy atom. The van der Waals surface area contributed by atoms with Gasteiger partial charge in [0.15, 0.2) is 0 Å². The van der Waals surface area contributed by atoms with Crippen LogP contribution >= 0.6 is 15.9 Å². The third-order valence-electron chi connectivity index (χ3n) is 2.70. The van der Waals surface area contributed by atoms with Gasteiger partial charge in [0.05, 0.1) is 17.3 Å². The van der Waals surface area contributed by atoms with E-state index in [0.29, 0.717) is 11.5 Å². The van der Waals surface area contributed by atoms with Crippen LogP contribution in [0.1, 0.15) is 13.3 Å². The SMILES string of the molecule is CC1(C(=O)Nc2ccc(N)nc2)CC1Br. The summed E-state index contributed by atoms with van der Waals surface area (Å²) in [5.41, 5.74) is 5.85. The molecule has 4 nitrogen and oxygen atoms in total. The molecule has 2 unspecified atom stereocenters. The molecular formula is C10H12BrN3O. The molecule has 1 aromatic rings. The molecule has 0 spiro atoms. The third-order valence-corrected chi connectivity index (χ3v) is 4.03. The molecule has 0 aliphatic heterocycles. The quantitative estimate of drug-likeness (QED) is 0.805. The molecular weight excluding hydrogens is 258 g/mol. The molecule has 0 bridgehead atoms. The van der Waals surface area contributed by atoms with Gasteiger partial charge in [0.2, 0.25) is 5.91 Å². The molecule has 5 heteroatoms. The number of aromatic nitrogens is 1. The van der Waals surface area contributed by atoms with E-state index in [4.69, 9.17) is 5.73 Å². The van der Waals surface area contributed by atoms with Crippen LogP contribution in [-0.4, -0.2) is 15.7 Å². The van der Waals surface area contributed by atoms with Crippen molar-refractivity contribution in [2.24, 2.45) is 5.41 Å². The van der Waals surface area contributed by atoms with Gasteiger partial charge >= 0.3 is 0 Å². The number of rotatable bonds is 2. The van der Waals surface area contributed by atoms with Crippen molar-refractivity contribution in [1.82, 2.24) is 4.98 Å². The number of alkyl halides is 1. The van der Waals surface area contributed by atoms with Crippen LogP contribution in [-0.2, 0) is 4.79 Å². The van der Waals surface area contributed by atoms with Gasteiger partial charge in [-0.05, 0) is 25.5 Å². The minimum Gasteiger partial charge on any atom is -0.384 e. The minimum absolute atomic E-state index is 0.0240. The Labute approximate surface area is 96.4 Å². The zero-order chi connectivity index (χ0) is 11.1. The highest BCUT2D eigenvalue weighted by molar-refractivity contribution is 9.09. The lowest BCUT2D eigenvalue weighted by atomic mass is 10.1. The molecule has 0 radical (unpaired) electrons. The average Bonchev–Trinajstić information content (AvgIpc) is 2.80. The average molecular weight is 270 g/mol. The molecule has 1 saturated carbocycles. The lowest BCUT2D eigenvalue weighted by Crippen LogP contribution is -2.23. The van der Waals surface area contributed by atoms with Gasteiger partial charge in [-0.1, -0.05) is 15.9 Å². The standard InChI is InChI=1S/C10H12BrN3O/c1-10(4-7(10)11)9(15)14-6-2-3-8(12)13-5-6/h2-3,5,7H,4H2,1H3,(H2,12,13)(H,14,15). The van der Waals surface area contributed by atoms with Crippen LogP contribution in [0.5, 0.6) is 0 Å². The first-order valence-electron chi connectivity index (χ1n) is 4.69. The monoisotopic (exact) mass is 269 g/mol. The molecule has 1 aliphatic carbocycles. The Bertz CT molecular complexity index is 392. The highest BCUT2D eigenvalue weighted by Crippen LogP contribution is 2.51. The van der Waals surface area contributed by atoms with E-state index in [1.807, 2.05) is 6.92 Å². The fraction of sp³-hybridized carbons (Fsp3) is 0.400. The Morgan fingerprint density at radius 1 is 1.73 bits per heavy atom. The molecule has 80 valence electrons. The Morgan fingerprint density at radius 2 is 2.40 bits per heavy atom. The smallest absolute Gasteiger partial charge is 0.231 e. The Hall–Kier alpha value is -1.10. The maximum absolute atomic E-state index is 11.8. The first kappa shape index (κ1) is 10.4. The van der Waals surface area contributed by atoms with E-state index in [0.717, 1.165) is 6.42 Å². The van der Waals surface area contributed by atoms with E-state index >= 15 is 0 Å². The van der Waals surface area contributed by atoms with Gasteiger partial charge in [0, 0.05) is 4.83 Å². The van der Waals surface area contributed by atoms with Gasteiger partial charge in [0.1, 0.15) is 5.82 Å². The minimum atomic E-state index is -0.276. The number of nitrogens with two attached hydrogens (primary N) is 1. The molecule has 1 fully saturated rings. The van der Waals surface area contributed by atoms with Crippen LogP contribution in [0.2, 0.25) is 0 Å². The summed E-state index contributed by atoms with van der Waals surface area (Å²) >= 11 is 3.43. The number of carbonyl (C=O) groups is 1. The van der Waals surface area contributed by atoms with Crippen LogP contribution in [0.15, 0.2) is 18.3 Å². The summed E-state index contributed by atoms with van der Waals surface area (Å²) in [5, 5.41) is 2.82. The predicted molar refractivity (Wildman–Crippen MR) is 62.7 cm³/mol. The number of hydrogen-bond acceptors (Lipinski definition) is 3. The van der Waals surface area contributed by atoms with Crippen molar-refractivity contribution in [3.63, 3.8) is 0 Å². The number of amides is 1. The van der Waals surface area contributed by atoms with Crippen LogP contribution in [0.4, 0.5) is 11.5 Å². The summed E-state index contributed by atoms with van der Waals surface area (Å²) in [5.74, 6) is 0.472. The summed E-state index contributed by atoms with van der Waals surface area (Å²) in [6.07, 6.45) is 2.43. The number of nitrogen functional groups attached to an aromatic ring is 1. The fourth-order valence-electron chi connectivity index (χ4n) is 1.30. The summed E-state index contributed by atoms with van der Waals surface area (Å²) in [4.78, 5) is 16.0. The van der Waals surface area contributed by atoms with Gasteiger partial charge in [-0.25, -0.2) is 4.98 Å². The van der Waals surface area contributed by atoms with Crippen LogP contribution in [0, 0.1) is 5.41 Å². The number of carbonyl (C=O) groups excluding carboxylic acids is 1. The fourth-order valence-corrected chi connectivity index (χ4v) is 2.18. The van der Waals surface area contributed by atoms with Gasteiger partial charge in [-0.3, -0.25) is 4.79 Å². The lowest BCUT2D eigenvalue weighted by molar-refractivity contribution is -0.120. The first-order valence-corrected chi connectivity index (χ1v) is 5.61. The number of halogens is 1. The Balaban J connectivity index is 2.04. The number of nitrogens with zero attached hydrogens (tertiary/aromatic N) is 1. The molecule has 2 atom stereocenters. The second-order valence-electron chi connectivity index (χ2n) is 4.01. The number of hydrogen-bond donors (Lipinski definition) is 2. The molecule has 0 aromatic carbocycles. The lowest BCUT2D eigenvalue weighted by Gasteiger charge is -2.10. The molecule has 1 aliphatic rings. The second kappa shape index (κ2) is 3.48. The highest BCUT2D eigenvalue weighted by Gasteiger charge is 2.54. The molecule has 0 saturated heterocycles. The highest BCUT2D eigenvalue weighted by atomic mass is 79.9. The van der Waals surface area contributed by atoms with Crippen molar-refractivity contribution in [2.45, 2.75) is 18.2 Å². The van der Waals surface area contributed by atoms with E-state index in [1.54, 1.807) is 18.3 Å². The van der Waals surface area contributed by atoms with Crippen molar-refractivity contribution in [3.8, 4) is 0 Å². The maximum atomic E-state index is 11.8. The van der Waals surface area contributed by atoms with Gasteiger partial charge < -0.3 is 11.1 Å². The summed E-state index contributed by atoms with van der Waals surface area (Å²) in [6.45, 7) is 1.94. The summed E-state index contributed by atoms with van der Waals surface area (Å²) < 4.78 is 0. The van der Waals surface area contributed by atoms with Gasteiger partial charge in [-0.2, -0.15) is 0 Å². The van der Waals surface area contributed by atoms with E-state index in [1.165, 1.54) is 0 Å². The van der Waals surface area contributed by atoms with Crippen LogP contribution < -0.4 is 11.1 Å². The van der Waals surface area contributed by atoms with Crippen molar-refractivity contribution in [3.05, 3.63) is 18.3 Å². The van der Waals surface area contributed by atoms with Crippen LogP contribution in [0.25, 0.3) is 0 Å². The summed E-state index contributed by atoms with van der Waals surface area (Å²) in [6, 6.07) is 3.41. The number of anilines is 2. The van der Waals surface area contributed by atoms with E-state index in [9.17, 15) is 4.79 Å². The molecule has 3 N–H and O–H groups in total. The second-order valence-corrected chi connectivity index (χ2v) is 5.12. The largest absolute Gasteiger partial charge is 0.384 e. The zero-order valence-corrected chi connectivity index (χ0v) is 9.91. The molecule has 15 heavy (non-hydrogen) atoms. The molecule has 1 aromatic heterocycles. The normalized spacial score (nSPS) is 28.5. The summed E-state index contributed by atoms with van der Waals surface area (Å²) in [7, 11) is 0. The Kier molecular flexibility index (Phi) is 2.42. The number of nitrogens with one attached hydrogen (secondary N) is 1. The third kappa shape index (κ3) is 1.97. The van der Waals surface area contributed by atoms with E-state index in [2.05, 4.69) is 26.2 Å². The van der Waals surface area contributed by atoms with Gasteiger partial charge in [0.25, 0.3) is 0 Å². The topological polar surface area (TPSA) is 68.0 Å².